The molecule has 13 aromatic rings. The van der Waals surface area contributed by atoms with Crippen LogP contribution >= 0.6 is 11.8 Å². The second-order valence-electron chi connectivity index (χ2n) is 23.7. The van der Waals surface area contributed by atoms with Gasteiger partial charge in [0.1, 0.15) is 0 Å². The Labute approximate surface area is 532 Å². The van der Waals surface area contributed by atoms with Gasteiger partial charge in [-0.05, 0) is 0 Å². The fourth-order valence-corrected chi connectivity index (χ4v) is 19.2. The van der Waals surface area contributed by atoms with Crippen LogP contribution in [0, 0.1) is 20.8 Å². The van der Waals surface area contributed by atoms with Gasteiger partial charge in [0.15, 0.2) is 0 Å². The molecule has 4 aliphatic rings. The van der Waals surface area contributed by atoms with E-state index in [1.54, 1.807) is 0 Å². The molecule has 0 saturated heterocycles. The average molecular weight is 1220 g/mol. The fraction of sp³-hybridized carbons (Fsp3) is 0.0370. The molecule has 0 amide bonds. The predicted molar refractivity (Wildman–Crippen MR) is 382 cm³/mol. The number of fused-ring (bicyclic) bond motifs is 8. The third-order valence-corrected chi connectivity index (χ3v) is 22.1. The normalized spacial score (nSPS) is 12.9. The Morgan fingerprint density at radius 2 is 0.742 bits per heavy atom. The molecule has 0 aromatic heterocycles. The Kier molecular flexibility index (Phi) is 13.0. The van der Waals surface area contributed by atoms with E-state index in [9.17, 15) is 0 Å². The second kappa shape index (κ2) is 21.7. The zero-order valence-corrected chi connectivity index (χ0v) is 52.1. The standard InChI is InChI=1S/C81H58B2N4SSe/c1-53-46-54(2)76(55(3)47-53)64-40-22-23-41-65(64)77-80-68(82-66-42-24-26-44-70(66)86(60-36-18-8-19-37-60)72-48-62(50-74(88-80)78(72)82)84(56-28-10-4-11-29-56)57-30-12-5-13-31-57)52-69-81(77)89-75-51-63(85(58-32-14-6-15-33-58)59-34-16-7-17-35-59)49-73-79(75)83(69)67-43-25-27-45-71(67)87(73)61-38-20-9-21-39-61/h4-52H,1-3H3. The molecule has 89 heavy (non-hydrogen) atoms. The van der Waals surface area contributed by atoms with Gasteiger partial charge in [0.25, 0.3) is 0 Å². The quantitative estimate of drug-likeness (QED) is 0.126. The summed E-state index contributed by atoms with van der Waals surface area (Å²) in [5.41, 5.74) is 31.0. The molecule has 0 fully saturated rings. The van der Waals surface area contributed by atoms with Crippen molar-refractivity contribution in [1.82, 2.24) is 0 Å². The fourth-order valence-electron chi connectivity index (χ4n) is 14.9. The van der Waals surface area contributed by atoms with Crippen LogP contribution in [0.3, 0.4) is 0 Å². The van der Waals surface area contributed by atoms with E-state index in [1.165, 1.54) is 113 Å². The zero-order chi connectivity index (χ0) is 59.3. The van der Waals surface area contributed by atoms with Crippen LogP contribution in [0.4, 0.5) is 68.2 Å². The third kappa shape index (κ3) is 8.76. The number of nitrogens with zero attached hydrogens (tertiary/aromatic N) is 4. The zero-order valence-electron chi connectivity index (χ0n) is 49.6. The summed E-state index contributed by atoms with van der Waals surface area (Å²) in [6, 6.07) is 111. The summed E-state index contributed by atoms with van der Waals surface area (Å²) in [6.45, 7) is 6.68. The van der Waals surface area contributed by atoms with Crippen LogP contribution < -0.4 is 61.3 Å². The van der Waals surface area contributed by atoms with Crippen molar-refractivity contribution in [2.24, 2.45) is 0 Å². The topological polar surface area (TPSA) is 13.0 Å². The first kappa shape index (κ1) is 53.3. The van der Waals surface area contributed by atoms with Crippen LogP contribution in [0.15, 0.2) is 307 Å². The van der Waals surface area contributed by atoms with E-state index in [-0.39, 0.29) is 28.4 Å². The molecule has 0 N–H and O–H groups in total. The molecule has 4 aliphatic heterocycles. The van der Waals surface area contributed by atoms with Gasteiger partial charge in [0, 0.05) is 0 Å². The van der Waals surface area contributed by atoms with Crippen molar-refractivity contribution in [1.29, 1.82) is 0 Å². The Morgan fingerprint density at radius 3 is 1.24 bits per heavy atom. The number of para-hydroxylation sites is 8. The molecule has 0 unspecified atom stereocenters. The summed E-state index contributed by atoms with van der Waals surface area (Å²) >= 11 is 1.79. The molecule has 0 saturated carbocycles. The van der Waals surface area contributed by atoms with Crippen LogP contribution in [-0.2, 0) is 0 Å². The van der Waals surface area contributed by atoms with Crippen LogP contribution in [-0.4, -0.2) is 28.4 Å². The van der Waals surface area contributed by atoms with Gasteiger partial charge in [-0.1, -0.05) is 0 Å². The van der Waals surface area contributed by atoms with Crippen LogP contribution in [0.5, 0.6) is 0 Å². The number of hydrogen-bond acceptors (Lipinski definition) is 5. The summed E-state index contributed by atoms with van der Waals surface area (Å²) in [5.74, 6) is 0. The van der Waals surface area contributed by atoms with E-state index in [4.69, 9.17) is 0 Å². The molecule has 4 heterocycles. The molecule has 0 bridgehead atoms. The minimum absolute atomic E-state index is 0.0741. The van der Waals surface area contributed by atoms with Crippen LogP contribution in [0.25, 0.3) is 22.3 Å². The molecule has 0 atom stereocenters. The van der Waals surface area contributed by atoms with Crippen LogP contribution in [0.2, 0.25) is 0 Å². The molecule has 8 heteroatoms. The molecule has 420 valence electrons. The Balaban J connectivity index is 0.995. The van der Waals surface area contributed by atoms with E-state index in [0.717, 1.165) is 45.5 Å². The van der Waals surface area contributed by atoms with E-state index in [1.807, 2.05) is 11.8 Å². The molecule has 0 spiro atoms. The molecule has 17 rings (SSSR count). The SMILES string of the molecule is Cc1cc(C)c(-c2ccccc2-c2c3c(cc4c2[Se]c2cc(N(c5ccccc5)c5ccccc5)cc5c2B4c2ccccc2N5c2ccccc2)B2c4ccccc4N(c4ccccc4)c4cc(N(c5ccccc5)c5ccccc5)cc(c42)S3)c(C)c1. The Bertz CT molecular complexity index is 4560. The monoisotopic (exact) mass is 1220 g/mol. The van der Waals surface area contributed by atoms with Gasteiger partial charge in [-0.2, -0.15) is 0 Å². The Morgan fingerprint density at radius 1 is 0.337 bits per heavy atom. The summed E-state index contributed by atoms with van der Waals surface area (Å²) in [4.78, 5) is 12.6. The number of hydrogen-bond donors (Lipinski definition) is 0. The summed E-state index contributed by atoms with van der Waals surface area (Å²) in [5, 5.41) is 0. The van der Waals surface area contributed by atoms with E-state index < -0.39 is 0 Å². The molecule has 0 aliphatic carbocycles. The van der Waals surface area contributed by atoms with Gasteiger partial charge in [-0.25, -0.2) is 0 Å². The number of rotatable bonds is 10. The van der Waals surface area contributed by atoms with E-state index >= 15 is 0 Å². The van der Waals surface area contributed by atoms with Crippen molar-refractivity contribution < 1.29 is 0 Å². The minimum atomic E-state index is -0.200. The van der Waals surface area contributed by atoms with Gasteiger partial charge in [0.2, 0.25) is 0 Å². The predicted octanol–water partition coefficient (Wildman–Crippen LogP) is 15.9. The van der Waals surface area contributed by atoms with Crippen molar-refractivity contribution in [2.45, 2.75) is 30.6 Å². The first-order valence-corrected chi connectivity index (χ1v) is 33.2. The average Bonchev–Trinajstić information content (AvgIpc) is 0.713. The van der Waals surface area contributed by atoms with Gasteiger partial charge in [-0.3, -0.25) is 0 Å². The van der Waals surface area contributed by atoms with Crippen molar-refractivity contribution in [2.75, 3.05) is 19.6 Å². The summed E-state index contributed by atoms with van der Waals surface area (Å²) in [7, 11) is 0. The molecule has 0 radical (unpaired) electrons. The Hall–Kier alpha value is -9.94. The second-order valence-corrected chi connectivity index (χ2v) is 27.0. The van der Waals surface area contributed by atoms with Crippen molar-refractivity contribution in [3.63, 3.8) is 0 Å². The van der Waals surface area contributed by atoms with Crippen LogP contribution in [0.1, 0.15) is 16.7 Å². The molecule has 13 aromatic carbocycles. The molecular formula is C81H58B2N4SSe. The number of benzene rings is 13. The van der Waals surface area contributed by atoms with Gasteiger partial charge < -0.3 is 0 Å². The third-order valence-electron chi connectivity index (χ3n) is 18.3. The van der Waals surface area contributed by atoms with Crippen molar-refractivity contribution in [3.05, 3.63) is 314 Å². The van der Waals surface area contributed by atoms with Gasteiger partial charge in [-0.15, -0.1) is 0 Å². The van der Waals surface area contributed by atoms with Crippen molar-refractivity contribution >= 4 is 150 Å². The number of aryl methyl sites for hydroxylation is 3. The first-order chi connectivity index (χ1) is 43.9. The van der Waals surface area contributed by atoms with E-state index in [2.05, 4.69) is 338 Å². The van der Waals surface area contributed by atoms with Crippen molar-refractivity contribution in [3.8, 4) is 22.3 Å². The van der Waals surface area contributed by atoms with Gasteiger partial charge >= 0.3 is 536 Å². The molecular weight excluding hydrogens is 1160 g/mol. The first-order valence-electron chi connectivity index (χ1n) is 30.7. The van der Waals surface area contributed by atoms with E-state index in [0.29, 0.717) is 0 Å². The van der Waals surface area contributed by atoms with Gasteiger partial charge in [0.05, 0.1) is 0 Å². The maximum atomic E-state index is 2.72. The summed E-state index contributed by atoms with van der Waals surface area (Å²) < 4.78 is 2.84. The number of anilines is 12. The summed E-state index contributed by atoms with van der Waals surface area (Å²) in [6.07, 6.45) is 0. The maximum absolute atomic E-state index is 2.72. The molecule has 4 nitrogen and oxygen atoms in total.